The fraction of sp³-hybridized carbons (Fsp3) is 0.500. The Hall–Kier alpha value is -1.14. The van der Waals surface area contributed by atoms with E-state index >= 15 is 0 Å². The molecule has 0 saturated carbocycles. The van der Waals surface area contributed by atoms with E-state index in [0.29, 0.717) is 0 Å². The van der Waals surface area contributed by atoms with Crippen LogP contribution in [0.5, 0.6) is 0 Å². The molecule has 0 aromatic heterocycles. The van der Waals surface area contributed by atoms with Gasteiger partial charge in [-0.25, -0.2) is 4.39 Å². The van der Waals surface area contributed by atoms with E-state index in [1.807, 2.05) is 0 Å². The predicted molar refractivity (Wildman–Crippen MR) is 61.5 cm³/mol. The van der Waals surface area contributed by atoms with E-state index in [9.17, 15) is 17.6 Å². The van der Waals surface area contributed by atoms with Gasteiger partial charge in [0.05, 0.1) is 0 Å². The second kappa shape index (κ2) is 5.67. The Labute approximate surface area is 103 Å². The quantitative estimate of drug-likeness (QED) is 0.847. The lowest BCUT2D eigenvalue weighted by molar-refractivity contribution is -0.182. The number of halogens is 4. The van der Waals surface area contributed by atoms with E-state index < -0.39 is 30.6 Å². The molecule has 18 heavy (non-hydrogen) atoms. The number of likely N-dealkylation sites (N-methyl/N-ethyl adjacent to an activating group) is 1. The first-order chi connectivity index (χ1) is 8.29. The fourth-order valence-electron chi connectivity index (χ4n) is 1.83. The summed E-state index contributed by atoms with van der Waals surface area (Å²) in [5.41, 5.74) is 5.38. The van der Waals surface area contributed by atoms with Gasteiger partial charge in [-0.05, 0) is 20.0 Å². The van der Waals surface area contributed by atoms with Crippen molar-refractivity contribution in [1.82, 2.24) is 4.90 Å². The van der Waals surface area contributed by atoms with Gasteiger partial charge in [0.2, 0.25) is 0 Å². The highest BCUT2D eigenvalue weighted by Crippen LogP contribution is 2.30. The summed E-state index contributed by atoms with van der Waals surface area (Å²) in [6, 6.07) is 3.29. The van der Waals surface area contributed by atoms with E-state index in [0.717, 1.165) is 4.90 Å². The number of nitrogens with zero attached hydrogens (tertiary/aromatic N) is 1. The molecule has 0 heterocycles. The first-order valence-corrected chi connectivity index (χ1v) is 5.52. The van der Waals surface area contributed by atoms with E-state index in [4.69, 9.17) is 5.73 Å². The van der Waals surface area contributed by atoms with Gasteiger partial charge in [-0.3, -0.25) is 4.90 Å². The number of benzene rings is 1. The summed E-state index contributed by atoms with van der Waals surface area (Å²) in [6.07, 6.45) is -4.43. The summed E-state index contributed by atoms with van der Waals surface area (Å²) in [5.74, 6) is -0.519. The molecule has 0 aliphatic rings. The predicted octanol–water partition coefficient (Wildman–Crippen LogP) is 2.71. The molecule has 1 aromatic carbocycles. The van der Waals surface area contributed by atoms with E-state index in [1.165, 1.54) is 32.2 Å². The van der Waals surface area contributed by atoms with Gasteiger partial charge in [-0.1, -0.05) is 18.2 Å². The molecule has 0 amide bonds. The van der Waals surface area contributed by atoms with Crippen LogP contribution in [0.3, 0.4) is 0 Å². The largest absolute Gasteiger partial charge is 0.405 e. The van der Waals surface area contributed by atoms with Gasteiger partial charge < -0.3 is 5.73 Å². The van der Waals surface area contributed by atoms with Crippen LogP contribution in [0.2, 0.25) is 0 Å². The van der Waals surface area contributed by atoms with Crippen LogP contribution in [-0.2, 0) is 0 Å². The number of rotatable bonds is 4. The first-order valence-electron chi connectivity index (χ1n) is 5.52. The van der Waals surface area contributed by atoms with Crippen molar-refractivity contribution in [2.75, 3.05) is 13.6 Å². The van der Waals surface area contributed by atoms with Crippen molar-refractivity contribution < 1.29 is 17.6 Å². The van der Waals surface area contributed by atoms with Gasteiger partial charge in [0.1, 0.15) is 11.9 Å². The van der Waals surface area contributed by atoms with E-state index in [-0.39, 0.29) is 5.56 Å². The zero-order valence-electron chi connectivity index (χ0n) is 10.2. The first kappa shape index (κ1) is 14.9. The van der Waals surface area contributed by atoms with Gasteiger partial charge in [-0.15, -0.1) is 0 Å². The van der Waals surface area contributed by atoms with Crippen molar-refractivity contribution in [3.8, 4) is 0 Å². The lowest BCUT2D eigenvalue weighted by atomic mass is 10.0. The Morgan fingerprint density at radius 2 is 1.83 bits per heavy atom. The topological polar surface area (TPSA) is 29.3 Å². The second-order valence-electron chi connectivity index (χ2n) is 4.16. The number of nitrogens with two attached hydrogens (primary N) is 1. The van der Waals surface area contributed by atoms with Crippen LogP contribution in [0.15, 0.2) is 24.3 Å². The summed E-state index contributed by atoms with van der Waals surface area (Å²) in [6.45, 7) is 0.964. The molecule has 102 valence electrons. The molecule has 2 unspecified atom stereocenters. The standard InChI is InChI=1S/C12H16F4N2/c1-8(9-5-3-4-6-10(9)13)18(2)11(7-17)12(14,15)16/h3-6,8,11H,7,17H2,1-2H3. The molecule has 1 aromatic rings. The van der Waals surface area contributed by atoms with Crippen molar-refractivity contribution in [2.45, 2.75) is 25.2 Å². The minimum atomic E-state index is -4.43. The second-order valence-corrected chi connectivity index (χ2v) is 4.16. The lowest BCUT2D eigenvalue weighted by Gasteiger charge is -2.33. The highest BCUT2D eigenvalue weighted by molar-refractivity contribution is 5.20. The smallest absolute Gasteiger partial charge is 0.329 e. The van der Waals surface area contributed by atoms with Crippen molar-refractivity contribution in [1.29, 1.82) is 0 Å². The molecule has 0 aliphatic carbocycles. The molecular formula is C12H16F4N2. The van der Waals surface area contributed by atoms with Crippen LogP contribution >= 0.6 is 0 Å². The molecule has 1 rings (SSSR count). The number of hydrogen-bond donors (Lipinski definition) is 1. The molecule has 0 saturated heterocycles. The molecule has 0 radical (unpaired) electrons. The van der Waals surface area contributed by atoms with Crippen LogP contribution in [-0.4, -0.2) is 30.7 Å². The monoisotopic (exact) mass is 264 g/mol. The maximum Gasteiger partial charge on any atom is 0.405 e. The molecule has 0 fully saturated rings. The summed E-state index contributed by atoms with van der Waals surface area (Å²) >= 11 is 0. The average molecular weight is 264 g/mol. The maximum absolute atomic E-state index is 13.5. The average Bonchev–Trinajstić information content (AvgIpc) is 2.27. The summed E-state index contributed by atoms with van der Waals surface area (Å²) in [5, 5.41) is 0. The molecular weight excluding hydrogens is 248 g/mol. The van der Waals surface area contributed by atoms with Crippen molar-refractivity contribution in [2.24, 2.45) is 5.73 Å². The van der Waals surface area contributed by atoms with Gasteiger partial charge in [-0.2, -0.15) is 13.2 Å². The lowest BCUT2D eigenvalue weighted by Crippen LogP contribution is -2.49. The van der Waals surface area contributed by atoms with E-state index in [2.05, 4.69) is 0 Å². The van der Waals surface area contributed by atoms with Crippen LogP contribution in [0, 0.1) is 5.82 Å². The van der Waals surface area contributed by atoms with Crippen molar-refractivity contribution in [3.05, 3.63) is 35.6 Å². The van der Waals surface area contributed by atoms with Gasteiger partial charge in [0, 0.05) is 18.2 Å². The Bertz CT molecular complexity index is 392. The minimum Gasteiger partial charge on any atom is -0.329 e. The SMILES string of the molecule is CC(c1ccccc1F)N(C)C(CN)C(F)(F)F. The molecule has 0 spiro atoms. The third-order valence-electron chi connectivity index (χ3n) is 3.06. The fourth-order valence-corrected chi connectivity index (χ4v) is 1.83. The molecule has 2 nitrogen and oxygen atoms in total. The van der Waals surface area contributed by atoms with E-state index in [1.54, 1.807) is 6.07 Å². The Morgan fingerprint density at radius 1 is 1.28 bits per heavy atom. The summed E-state index contributed by atoms with van der Waals surface area (Å²) in [7, 11) is 1.29. The van der Waals surface area contributed by atoms with Gasteiger partial charge in [0.15, 0.2) is 0 Å². The maximum atomic E-state index is 13.5. The number of alkyl halides is 3. The zero-order chi connectivity index (χ0) is 13.9. The van der Waals surface area contributed by atoms with Gasteiger partial charge in [0.25, 0.3) is 0 Å². The number of hydrogen-bond acceptors (Lipinski definition) is 2. The van der Waals surface area contributed by atoms with Crippen LogP contribution in [0.4, 0.5) is 17.6 Å². The molecule has 0 bridgehead atoms. The Balaban J connectivity index is 2.96. The van der Waals surface area contributed by atoms with Gasteiger partial charge >= 0.3 is 6.18 Å². The zero-order valence-corrected chi connectivity index (χ0v) is 10.2. The van der Waals surface area contributed by atoms with Crippen LogP contribution < -0.4 is 5.73 Å². The van der Waals surface area contributed by atoms with Crippen molar-refractivity contribution >= 4 is 0 Å². The summed E-state index contributed by atoms with van der Waals surface area (Å²) in [4.78, 5) is 1.04. The minimum absolute atomic E-state index is 0.225. The highest BCUT2D eigenvalue weighted by atomic mass is 19.4. The normalized spacial score (nSPS) is 15.8. The summed E-state index contributed by atoms with van der Waals surface area (Å²) < 4.78 is 51.7. The third-order valence-corrected chi connectivity index (χ3v) is 3.06. The Kier molecular flexibility index (Phi) is 4.70. The Morgan fingerprint density at radius 3 is 2.28 bits per heavy atom. The van der Waals surface area contributed by atoms with Crippen LogP contribution in [0.25, 0.3) is 0 Å². The molecule has 6 heteroatoms. The molecule has 2 N–H and O–H groups in total. The van der Waals surface area contributed by atoms with Crippen molar-refractivity contribution in [3.63, 3.8) is 0 Å². The molecule has 2 atom stereocenters. The molecule has 0 aliphatic heterocycles. The third kappa shape index (κ3) is 3.20. The highest BCUT2D eigenvalue weighted by Gasteiger charge is 2.43. The van der Waals surface area contributed by atoms with Crippen LogP contribution in [0.1, 0.15) is 18.5 Å².